The Bertz CT molecular complexity index is 287. The summed E-state index contributed by atoms with van der Waals surface area (Å²) < 4.78 is 20.7. The first kappa shape index (κ1) is 7.71. The van der Waals surface area contributed by atoms with Crippen LogP contribution in [-0.2, 0) is 15.8 Å². The van der Waals surface area contributed by atoms with Gasteiger partial charge in [0.2, 0.25) is 10.0 Å². The molecule has 1 rings (SSSR count). The van der Waals surface area contributed by atoms with Gasteiger partial charge in [0.25, 0.3) is 0 Å². The van der Waals surface area contributed by atoms with Gasteiger partial charge in [-0.2, -0.15) is 0 Å². The van der Waals surface area contributed by atoms with Crippen molar-refractivity contribution in [3.05, 3.63) is 22.4 Å². The molecule has 3 nitrogen and oxygen atoms in total. The van der Waals surface area contributed by atoms with E-state index in [2.05, 4.69) is 0 Å². The Kier molecular flexibility index (Phi) is 2.08. The normalized spacial score (nSPS) is 11.7. The van der Waals surface area contributed by atoms with Gasteiger partial charge in [-0.25, -0.2) is 8.42 Å². The van der Waals surface area contributed by atoms with Gasteiger partial charge in [-0.3, -0.25) is 0 Å². The standard InChI is InChI=1S/C5H6NO2S2/c6-10(7,8)4-5-2-1-3-9-5/h1-3,6H,4H2. The molecule has 0 saturated carbocycles. The average molecular weight is 176 g/mol. The molecule has 1 aromatic rings. The molecule has 0 aliphatic heterocycles. The summed E-state index contributed by atoms with van der Waals surface area (Å²) in [7, 11) is -3.59. The highest BCUT2D eigenvalue weighted by atomic mass is 32.2. The van der Waals surface area contributed by atoms with E-state index in [0.29, 0.717) is 0 Å². The molecule has 55 valence electrons. The van der Waals surface area contributed by atoms with E-state index in [1.54, 1.807) is 17.5 Å². The monoisotopic (exact) mass is 176 g/mol. The molecule has 5 heteroatoms. The highest BCUT2D eigenvalue weighted by Crippen LogP contribution is 2.10. The molecule has 0 aliphatic rings. The largest absolute Gasteiger partial charge is 0.230 e. The number of thiophene rings is 1. The zero-order valence-corrected chi connectivity index (χ0v) is 6.71. The van der Waals surface area contributed by atoms with Crippen LogP contribution in [-0.4, -0.2) is 8.42 Å². The fourth-order valence-corrected chi connectivity index (χ4v) is 2.28. The first-order valence-corrected chi connectivity index (χ1v) is 5.11. The third kappa shape index (κ3) is 2.47. The van der Waals surface area contributed by atoms with E-state index < -0.39 is 10.0 Å². The maximum Gasteiger partial charge on any atom is 0.230 e. The van der Waals surface area contributed by atoms with E-state index in [1.165, 1.54) is 11.3 Å². The highest BCUT2D eigenvalue weighted by molar-refractivity contribution is 7.88. The summed E-state index contributed by atoms with van der Waals surface area (Å²) in [5, 5.41) is 8.38. The van der Waals surface area contributed by atoms with Crippen LogP contribution in [0.1, 0.15) is 4.88 Å². The van der Waals surface area contributed by atoms with Gasteiger partial charge in [-0.15, -0.1) is 16.5 Å². The van der Waals surface area contributed by atoms with Crippen molar-refractivity contribution < 1.29 is 8.42 Å². The minimum Gasteiger partial charge on any atom is -0.211 e. The van der Waals surface area contributed by atoms with E-state index >= 15 is 0 Å². The van der Waals surface area contributed by atoms with Crippen molar-refractivity contribution in [2.24, 2.45) is 0 Å². The van der Waals surface area contributed by atoms with Crippen LogP contribution < -0.4 is 5.14 Å². The number of nitrogens with one attached hydrogen (secondary N) is 1. The Labute approximate surface area is 63.5 Å². The lowest BCUT2D eigenvalue weighted by molar-refractivity contribution is 0.596. The Morgan fingerprint density at radius 3 is 2.70 bits per heavy atom. The van der Waals surface area contributed by atoms with Crippen LogP contribution in [0.15, 0.2) is 17.5 Å². The molecule has 1 radical (unpaired) electrons. The van der Waals surface area contributed by atoms with E-state index in [1.807, 2.05) is 0 Å². The SMILES string of the molecule is [NH]S(=O)(=O)Cc1cccs1. The molecule has 1 aromatic heterocycles. The predicted octanol–water partition coefficient (Wildman–Crippen LogP) is 0.861. The lowest BCUT2D eigenvalue weighted by Gasteiger charge is -1.89. The topological polar surface area (TPSA) is 57.9 Å². The summed E-state index contributed by atoms with van der Waals surface area (Å²) in [5.41, 5.74) is 0. The molecule has 0 aromatic carbocycles. The molecule has 0 aliphatic carbocycles. The van der Waals surface area contributed by atoms with E-state index in [4.69, 9.17) is 5.14 Å². The summed E-state index contributed by atoms with van der Waals surface area (Å²) in [4.78, 5) is 0.718. The smallest absolute Gasteiger partial charge is 0.211 e. The lowest BCUT2D eigenvalue weighted by atomic mass is 10.5. The van der Waals surface area contributed by atoms with Crippen LogP contribution in [0, 0.1) is 0 Å². The summed E-state index contributed by atoms with van der Waals surface area (Å²) in [6, 6.07) is 3.47. The summed E-state index contributed by atoms with van der Waals surface area (Å²) >= 11 is 1.35. The molecular weight excluding hydrogens is 170 g/mol. The predicted molar refractivity (Wildman–Crippen MR) is 40.0 cm³/mol. The second kappa shape index (κ2) is 2.69. The molecule has 0 atom stereocenters. The zero-order valence-electron chi connectivity index (χ0n) is 5.07. The van der Waals surface area contributed by atoms with Gasteiger partial charge in [0.1, 0.15) is 0 Å². The van der Waals surface area contributed by atoms with Gasteiger partial charge >= 0.3 is 0 Å². The average Bonchev–Trinajstić information content (AvgIpc) is 2.12. The maximum atomic E-state index is 10.4. The van der Waals surface area contributed by atoms with Gasteiger partial charge < -0.3 is 0 Å². The van der Waals surface area contributed by atoms with Gasteiger partial charge in [-0.05, 0) is 11.4 Å². The quantitative estimate of drug-likeness (QED) is 0.671. The maximum absolute atomic E-state index is 10.4. The van der Waals surface area contributed by atoms with Crippen molar-refractivity contribution in [3.63, 3.8) is 0 Å². The van der Waals surface area contributed by atoms with Crippen LogP contribution >= 0.6 is 11.3 Å². The number of sulfonamides is 1. The van der Waals surface area contributed by atoms with Crippen molar-refractivity contribution in [2.45, 2.75) is 5.75 Å². The van der Waals surface area contributed by atoms with Crippen molar-refractivity contribution in [1.82, 2.24) is 5.14 Å². The molecule has 0 spiro atoms. The molecular formula is C5H6NO2S2. The van der Waals surface area contributed by atoms with Crippen molar-refractivity contribution >= 4 is 21.4 Å². The first-order chi connectivity index (χ1) is 4.58. The molecule has 0 fully saturated rings. The van der Waals surface area contributed by atoms with E-state index in [9.17, 15) is 8.42 Å². The Morgan fingerprint density at radius 2 is 2.30 bits per heavy atom. The third-order valence-corrected chi connectivity index (χ3v) is 2.66. The highest BCUT2D eigenvalue weighted by Gasteiger charge is 2.05. The van der Waals surface area contributed by atoms with E-state index in [0.717, 1.165) is 4.88 Å². The molecule has 1 N–H and O–H groups in total. The second-order valence-corrected chi connectivity index (χ2v) is 4.39. The van der Waals surface area contributed by atoms with Crippen molar-refractivity contribution in [2.75, 3.05) is 0 Å². The van der Waals surface area contributed by atoms with Crippen LogP contribution in [0.2, 0.25) is 0 Å². The molecule has 0 amide bonds. The number of hydrogen-bond donors (Lipinski definition) is 0. The Balaban J connectivity index is 2.75. The van der Waals surface area contributed by atoms with E-state index in [-0.39, 0.29) is 5.75 Å². The lowest BCUT2D eigenvalue weighted by Crippen LogP contribution is -2.01. The first-order valence-electron chi connectivity index (χ1n) is 2.57. The van der Waals surface area contributed by atoms with Crippen LogP contribution in [0.5, 0.6) is 0 Å². The van der Waals surface area contributed by atoms with Gasteiger partial charge in [-0.1, -0.05) is 6.07 Å². The number of rotatable bonds is 2. The summed E-state index contributed by atoms with van der Waals surface area (Å²) in [6.07, 6.45) is 0. The van der Waals surface area contributed by atoms with Crippen LogP contribution in [0.4, 0.5) is 0 Å². The molecule has 1 heterocycles. The molecule has 0 unspecified atom stereocenters. The Morgan fingerprint density at radius 1 is 1.60 bits per heavy atom. The fraction of sp³-hybridized carbons (Fsp3) is 0.200. The summed E-state index contributed by atoms with van der Waals surface area (Å²) in [6.45, 7) is 0. The van der Waals surface area contributed by atoms with Gasteiger partial charge in [0.15, 0.2) is 0 Å². The number of hydrogen-bond acceptors (Lipinski definition) is 3. The second-order valence-electron chi connectivity index (χ2n) is 1.84. The summed E-state index contributed by atoms with van der Waals surface area (Å²) in [5.74, 6) is -0.162. The Hall–Kier alpha value is -0.390. The molecule has 0 saturated heterocycles. The zero-order chi connectivity index (χ0) is 7.61. The fourth-order valence-electron chi connectivity index (χ4n) is 0.582. The minimum atomic E-state index is -3.59. The molecule has 10 heavy (non-hydrogen) atoms. The third-order valence-electron chi connectivity index (χ3n) is 0.912. The van der Waals surface area contributed by atoms with Gasteiger partial charge in [0, 0.05) is 4.88 Å². The van der Waals surface area contributed by atoms with Crippen LogP contribution in [0.25, 0.3) is 0 Å². The van der Waals surface area contributed by atoms with Crippen LogP contribution in [0.3, 0.4) is 0 Å². The minimum absolute atomic E-state index is 0.162. The van der Waals surface area contributed by atoms with Crippen molar-refractivity contribution in [1.29, 1.82) is 0 Å². The van der Waals surface area contributed by atoms with Crippen molar-refractivity contribution in [3.8, 4) is 0 Å². The van der Waals surface area contributed by atoms with Gasteiger partial charge in [0.05, 0.1) is 5.75 Å². The molecule has 0 bridgehead atoms.